The molecule has 24 heavy (non-hydrogen) atoms. The molecule has 2 aliphatic heterocycles. The summed E-state index contributed by atoms with van der Waals surface area (Å²) in [4.78, 5) is 2.04. The van der Waals surface area contributed by atoms with Crippen LogP contribution in [0.3, 0.4) is 0 Å². The highest BCUT2D eigenvalue weighted by atomic mass is 32.2. The van der Waals surface area contributed by atoms with Crippen LogP contribution in [0.1, 0.15) is 0 Å². The molecule has 3 N–H and O–H groups in total. The highest BCUT2D eigenvalue weighted by Gasteiger charge is 2.46. The molecule has 4 atom stereocenters. The molecule has 0 spiro atoms. The van der Waals surface area contributed by atoms with E-state index in [1.807, 2.05) is 4.90 Å². The maximum absolute atomic E-state index is 12.3. The molecule has 136 valence electrons. The van der Waals surface area contributed by atoms with Gasteiger partial charge in [0, 0.05) is 19.6 Å². The predicted molar refractivity (Wildman–Crippen MR) is 87.4 cm³/mol. The van der Waals surface area contributed by atoms with E-state index in [1.54, 1.807) is 11.4 Å². The molecule has 2 saturated heterocycles. The van der Waals surface area contributed by atoms with Gasteiger partial charge in [0.15, 0.2) is 0 Å². The number of aliphatic hydroxyl groups is 2. The maximum atomic E-state index is 12.3. The first-order valence-corrected chi connectivity index (χ1v) is 10.2. The van der Waals surface area contributed by atoms with E-state index < -0.39 is 28.3 Å². The van der Waals surface area contributed by atoms with Crippen molar-refractivity contribution in [2.45, 2.75) is 28.6 Å². The minimum Gasteiger partial charge on any atom is -0.394 e. The molecule has 3 rings (SSSR count). The van der Waals surface area contributed by atoms with Crippen molar-refractivity contribution in [1.82, 2.24) is 9.62 Å². The van der Waals surface area contributed by atoms with Gasteiger partial charge >= 0.3 is 0 Å². The van der Waals surface area contributed by atoms with Gasteiger partial charge in [-0.1, -0.05) is 6.07 Å². The van der Waals surface area contributed by atoms with E-state index >= 15 is 0 Å². The van der Waals surface area contributed by atoms with Crippen molar-refractivity contribution in [2.24, 2.45) is 0 Å². The molecule has 0 aromatic carbocycles. The predicted octanol–water partition coefficient (Wildman–Crippen LogP) is -1.15. The number of nitrogens with zero attached hydrogens (tertiary/aromatic N) is 1. The fourth-order valence-corrected chi connectivity index (χ4v) is 5.23. The van der Waals surface area contributed by atoms with Gasteiger partial charge in [-0.2, -0.15) is 0 Å². The average molecular weight is 378 g/mol. The van der Waals surface area contributed by atoms with Crippen LogP contribution in [-0.4, -0.2) is 87.3 Å². The topological polar surface area (TPSA) is 108 Å². The van der Waals surface area contributed by atoms with Gasteiger partial charge in [0.1, 0.15) is 16.4 Å². The summed E-state index contributed by atoms with van der Waals surface area (Å²) in [5.41, 5.74) is 0. The summed E-state index contributed by atoms with van der Waals surface area (Å²) in [7, 11) is -3.60. The van der Waals surface area contributed by atoms with Crippen LogP contribution in [0.15, 0.2) is 21.7 Å². The summed E-state index contributed by atoms with van der Waals surface area (Å²) in [5, 5.41) is 21.5. The fraction of sp³-hybridized carbons (Fsp3) is 0.714. The van der Waals surface area contributed by atoms with Crippen molar-refractivity contribution in [3.05, 3.63) is 17.5 Å². The van der Waals surface area contributed by atoms with E-state index in [9.17, 15) is 18.6 Å². The van der Waals surface area contributed by atoms with Gasteiger partial charge in [-0.05, 0) is 11.4 Å². The van der Waals surface area contributed by atoms with Crippen molar-refractivity contribution < 1.29 is 28.1 Å². The van der Waals surface area contributed by atoms with Crippen LogP contribution in [0.2, 0.25) is 0 Å². The minimum absolute atomic E-state index is 0.0375. The Morgan fingerprint density at radius 2 is 2.08 bits per heavy atom. The number of nitrogens with one attached hydrogen (secondary N) is 1. The largest absolute Gasteiger partial charge is 0.394 e. The Morgan fingerprint density at radius 3 is 2.71 bits per heavy atom. The van der Waals surface area contributed by atoms with E-state index in [-0.39, 0.29) is 23.4 Å². The second-order valence-corrected chi connectivity index (χ2v) is 8.75. The zero-order valence-electron chi connectivity index (χ0n) is 13.1. The molecule has 0 radical (unpaired) electrons. The summed E-state index contributed by atoms with van der Waals surface area (Å²) in [6, 6.07) is 2.83. The number of morpholine rings is 1. The fourth-order valence-electron chi connectivity index (χ4n) is 3.15. The second kappa shape index (κ2) is 7.75. The van der Waals surface area contributed by atoms with Gasteiger partial charge in [0.25, 0.3) is 0 Å². The average Bonchev–Trinajstić information content (AvgIpc) is 3.22. The number of hydrogen-bond donors (Lipinski definition) is 3. The van der Waals surface area contributed by atoms with Gasteiger partial charge in [-0.3, -0.25) is 4.90 Å². The van der Waals surface area contributed by atoms with Crippen molar-refractivity contribution in [1.29, 1.82) is 0 Å². The first kappa shape index (κ1) is 18.2. The van der Waals surface area contributed by atoms with E-state index in [0.717, 1.165) is 11.3 Å². The highest BCUT2D eigenvalue weighted by molar-refractivity contribution is 7.91. The number of ether oxygens (including phenoxy) is 2. The molecule has 8 nitrogen and oxygen atoms in total. The summed E-state index contributed by atoms with van der Waals surface area (Å²) >= 11 is 1.14. The number of thiophene rings is 1. The lowest BCUT2D eigenvalue weighted by atomic mass is 10.0. The Bertz CT molecular complexity index is 617. The Morgan fingerprint density at radius 1 is 1.33 bits per heavy atom. The van der Waals surface area contributed by atoms with Gasteiger partial charge in [-0.25, -0.2) is 13.1 Å². The third-order valence-electron chi connectivity index (χ3n) is 4.34. The SMILES string of the molecule is O=S(=O)(NC[C@H]1O[C@@H](CO)[C@@H](O)[C@H]1N1CCOCC1)c1cccs1. The van der Waals surface area contributed by atoms with Crippen LogP contribution in [0.5, 0.6) is 0 Å². The number of hydrogen-bond acceptors (Lipinski definition) is 8. The van der Waals surface area contributed by atoms with Crippen molar-refractivity contribution in [2.75, 3.05) is 39.5 Å². The van der Waals surface area contributed by atoms with Crippen LogP contribution < -0.4 is 4.72 Å². The maximum Gasteiger partial charge on any atom is 0.250 e. The highest BCUT2D eigenvalue weighted by Crippen LogP contribution is 2.27. The number of sulfonamides is 1. The van der Waals surface area contributed by atoms with Crippen LogP contribution in [0.4, 0.5) is 0 Å². The Labute approximate surface area is 145 Å². The summed E-state index contributed by atoms with van der Waals surface area (Å²) in [6.45, 7) is 2.11. The molecule has 0 amide bonds. The quantitative estimate of drug-likeness (QED) is 0.573. The van der Waals surface area contributed by atoms with Gasteiger partial charge in [0.2, 0.25) is 10.0 Å². The van der Waals surface area contributed by atoms with Gasteiger partial charge < -0.3 is 19.7 Å². The Kier molecular flexibility index (Phi) is 5.88. The van der Waals surface area contributed by atoms with Crippen LogP contribution in [0.25, 0.3) is 0 Å². The third-order valence-corrected chi connectivity index (χ3v) is 7.16. The lowest BCUT2D eigenvalue weighted by molar-refractivity contribution is -0.0207. The zero-order chi connectivity index (χ0) is 17.2. The number of rotatable bonds is 6. The van der Waals surface area contributed by atoms with Crippen molar-refractivity contribution in [3.8, 4) is 0 Å². The molecule has 0 saturated carbocycles. The normalized spacial score (nSPS) is 32.2. The molecule has 0 aliphatic carbocycles. The first-order valence-electron chi connectivity index (χ1n) is 7.82. The molecule has 2 fully saturated rings. The molecule has 0 bridgehead atoms. The van der Waals surface area contributed by atoms with Gasteiger partial charge in [0.05, 0.1) is 32.0 Å². The zero-order valence-corrected chi connectivity index (χ0v) is 14.7. The molecular formula is C14H22N2O6S2. The Balaban J connectivity index is 1.69. The third kappa shape index (κ3) is 3.81. The van der Waals surface area contributed by atoms with E-state index in [1.165, 1.54) is 6.07 Å². The molecule has 1 aromatic heterocycles. The molecule has 2 aliphatic rings. The van der Waals surface area contributed by atoms with Crippen LogP contribution >= 0.6 is 11.3 Å². The standard InChI is InChI=1S/C14H22N2O6S2/c17-9-11-14(18)13(16-3-5-21-6-4-16)10(22-11)8-15-24(19,20)12-2-1-7-23-12/h1-2,7,10-11,13-15,17-18H,3-6,8-9H2/t10-,11+,13+,14-/m1/s1. The minimum atomic E-state index is -3.60. The Hall–Kier alpha value is -0.590. The first-order chi connectivity index (χ1) is 11.5. The lowest BCUT2D eigenvalue weighted by Gasteiger charge is -2.36. The molecule has 3 heterocycles. The monoisotopic (exact) mass is 378 g/mol. The molecular weight excluding hydrogens is 356 g/mol. The van der Waals surface area contributed by atoms with Crippen LogP contribution in [0, 0.1) is 0 Å². The molecule has 1 aromatic rings. The second-order valence-electron chi connectivity index (χ2n) is 5.81. The van der Waals surface area contributed by atoms with E-state index in [4.69, 9.17) is 9.47 Å². The smallest absolute Gasteiger partial charge is 0.250 e. The summed E-state index contributed by atoms with van der Waals surface area (Å²) < 4.78 is 38.3. The number of aliphatic hydroxyl groups excluding tert-OH is 2. The lowest BCUT2D eigenvalue weighted by Crippen LogP contribution is -2.54. The molecule has 10 heteroatoms. The van der Waals surface area contributed by atoms with Gasteiger partial charge in [-0.15, -0.1) is 11.3 Å². The van der Waals surface area contributed by atoms with E-state index in [2.05, 4.69) is 4.72 Å². The van der Waals surface area contributed by atoms with E-state index in [0.29, 0.717) is 26.3 Å². The molecule has 0 unspecified atom stereocenters. The summed E-state index contributed by atoms with van der Waals surface area (Å²) in [6.07, 6.45) is -2.12. The van der Waals surface area contributed by atoms with Crippen molar-refractivity contribution >= 4 is 21.4 Å². The van der Waals surface area contributed by atoms with Crippen molar-refractivity contribution in [3.63, 3.8) is 0 Å². The summed E-state index contributed by atoms with van der Waals surface area (Å²) in [5.74, 6) is 0. The van der Waals surface area contributed by atoms with Crippen LogP contribution in [-0.2, 0) is 19.5 Å².